The number of aromatic nitrogens is 2. The molecular formula is C15H12N2O3. The molecule has 0 saturated heterocycles. The van der Waals surface area contributed by atoms with Crippen molar-refractivity contribution in [2.24, 2.45) is 0 Å². The SMILES string of the molecule is O=C(OCc1ccc(-n2cccn2)cc1)c1ccco1. The Morgan fingerprint density at radius 2 is 2.05 bits per heavy atom. The fourth-order valence-electron chi connectivity index (χ4n) is 1.78. The highest BCUT2D eigenvalue weighted by Crippen LogP contribution is 2.11. The molecule has 0 aliphatic heterocycles. The zero-order valence-corrected chi connectivity index (χ0v) is 10.6. The molecule has 5 nitrogen and oxygen atoms in total. The Morgan fingerprint density at radius 3 is 2.70 bits per heavy atom. The molecule has 0 N–H and O–H groups in total. The summed E-state index contributed by atoms with van der Waals surface area (Å²) in [5.41, 5.74) is 1.86. The molecule has 0 aliphatic carbocycles. The van der Waals surface area contributed by atoms with Crippen LogP contribution in [-0.4, -0.2) is 15.7 Å². The van der Waals surface area contributed by atoms with Gasteiger partial charge < -0.3 is 9.15 Å². The Kier molecular flexibility index (Phi) is 3.33. The van der Waals surface area contributed by atoms with E-state index >= 15 is 0 Å². The van der Waals surface area contributed by atoms with E-state index in [-0.39, 0.29) is 12.4 Å². The number of benzene rings is 1. The molecule has 0 radical (unpaired) electrons. The first-order chi connectivity index (χ1) is 9.83. The zero-order valence-electron chi connectivity index (χ0n) is 10.6. The third kappa shape index (κ3) is 2.61. The van der Waals surface area contributed by atoms with Gasteiger partial charge in [-0.2, -0.15) is 5.10 Å². The van der Waals surface area contributed by atoms with Crippen molar-refractivity contribution in [2.45, 2.75) is 6.61 Å². The maximum atomic E-state index is 11.6. The summed E-state index contributed by atoms with van der Waals surface area (Å²) in [4.78, 5) is 11.6. The molecule has 0 fully saturated rings. The van der Waals surface area contributed by atoms with Crippen LogP contribution in [0.1, 0.15) is 16.1 Å². The largest absolute Gasteiger partial charge is 0.457 e. The lowest BCUT2D eigenvalue weighted by Crippen LogP contribution is -2.04. The standard InChI is InChI=1S/C15H12N2O3/c18-15(14-3-1-10-19-14)20-11-12-4-6-13(7-5-12)17-9-2-8-16-17/h1-10H,11H2. The summed E-state index contributed by atoms with van der Waals surface area (Å²) < 4.78 is 11.9. The van der Waals surface area contributed by atoms with Crippen LogP contribution in [-0.2, 0) is 11.3 Å². The van der Waals surface area contributed by atoms with Crippen LogP contribution in [0.4, 0.5) is 0 Å². The van der Waals surface area contributed by atoms with E-state index < -0.39 is 5.97 Å². The zero-order chi connectivity index (χ0) is 13.8. The second kappa shape index (κ2) is 5.44. The number of carbonyl (C=O) groups is 1. The molecule has 2 aromatic heterocycles. The van der Waals surface area contributed by atoms with Gasteiger partial charge in [0.15, 0.2) is 0 Å². The fraction of sp³-hybridized carbons (Fsp3) is 0.0667. The van der Waals surface area contributed by atoms with Crippen molar-refractivity contribution in [1.29, 1.82) is 0 Å². The molecule has 5 heteroatoms. The van der Waals surface area contributed by atoms with Crippen LogP contribution in [0.3, 0.4) is 0 Å². The van der Waals surface area contributed by atoms with Crippen LogP contribution >= 0.6 is 0 Å². The maximum absolute atomic E-state index is 11.6. The summed E-state index contributed by atoms with van der Waals surface area (Å²) in [6, 6.07) is 12.7. The highest BCUT2D eigenvalue weighted by atomic mass is 16.5. The van der Waals surface area contributed by atoms with E-state index in [1.54, 1.807) is 23.0 Å². The van der Waals surface area contributed by atoms with Crippen molar-refractivity contribution in [3.63, 3.8) is 0 Å². The third-order valence-corrected chi connectivity index (χ3v) is 2.80. The van der Waals surface area contributed by atoms with Gasteiger partial charge in [0.2, 0.25) is 5.76 Å². The highest BCUT2D eigenvalue weighted by Gasteiger charge is 2.09. The molecule has 0 amide bonds. The molecule has 0 bridgehead atoms. The fourth-order valence-corrected chi connectivity index (χ4v) is 1.78. The van der Waals surface area contributed by atoms with Crippen LogP contribution in [0.5, 0.6) is 0 Å². The first-order valence-corrected chi connectivity index (χ1v) is 6.12. The number of hydrogen-bond acceptors (Lipinski definition) is 4. The lowest BCUT2D eigenvalue weighted by atomic mass is 10.2. The molecule has 2 heterocycles. The van der Waals surface area contributed by atoms with Crippen LogP contribution in [0.25, 0.3) is 5.69 Å². The minimum atomic E-state index is -0.467. The Bertz CT molecular complexity index is 671. The first-order valence-electron chi connectivity index (χ1n) is 6.12. The van der Waals surface area contributed by atoms with E-state index in [4.69, 9.17) is 9.15 Å². The monoisotopic (exact) mass is 268 g/mol. The number of furan rings is 1. The molecule has 0 spiro atoms. The van der Waals surface area contributed by atoms with E-state index in [2.05, 4.69) is 5.10 Å². The summed E-state index contributed by atoms with van der Waals surface area (Å²) in [5.74, 6) is -0.260. The topological polar surface area (TPSA) is 57.3 Å². The average Bonchev–Trinajstić information content (AvgIpc) is 3.18. The van der Waals surface area contributed by atoms with Crippen molar-refractivity contribution in [1.82, 2.24) is 9.78 Å². The van der Waals surface area contributed by atoms with Gasteiger partial charge >= 0.3 is 5.97 Å². The van der Waals surface area contributed by atoms with Crippen LogP contribution in [0.15, 0.2) is 65.5 Å². The van der Waals surface area contributed by atoms with Crippen molar-refractivity contribution >= 4 is 5.97 Å². The minimum absolute atomic E-state index is 0.207. The van der Waals surface area contributed by atoms with E-state index in [1.807, 2.05) is 36.5 Å². The molecule has 20 heavy (non-hydrogen) atoms. The third-order valence-electron chi connectivity index (χ3n) is 2.80. The first kappa shape index (κ1) is 12.2. The van der Waals surface area contributed by atoms with Gasteiger partial charge in [-0.1, -0.05) is 12.1 Å². The lowest BCUT2D eigenvalue weighted by Gasteiger charge is -2.05. The van der Waals surface area contributed by atoms with Gasteiger partial charge in [-0.3, -0.25) is 0 Å². The molecule has 0 atom stereocenters. The Hall–Kier alpha value is -2.82. The summed E-state index contributed by atoms with van der Waals surface area (Å²) >= 11 is 0. The van der Waals surface area contributed by atoms with Crippen LogP contribution in [0, 0.1) is 0 Å². The Balaban J connectivity index is 1.63. The second-order valence-electron chi connectivity index (χ2n) is 4.17. The summed E-state index contributed by atoms with van der Waals surface area (Å²) in [5, 5.41) is 4.14. The number of rotatable bonds is 4. The van der Waals surface area contributed by atoms with Crippen molar-refractivity contribution in [2.75, 3.05) is 0 Å². The van der Waals surface area contributed by atoms with Gasteiger partial charge in [0.25, 0.3) is 0 Å². The quantitative estimate of drug-likeness (QED) is 0.683. The number of ether oxygens (including phenoxy) is 1. The molecule has 0 unspecified atom stereocenters. The van der Waals surface area contributed by atoms with Gasteiger partial charge in [0.05, 0.1) is 12.0 Å². The number of esters is 1. The summed E-state index contributed by atoms with van der Waals surface area (Å²) in [7, 11) is 0. The van der Waals surface area contributed by atoms with Crippen LogP contribution in [0.2, 0.25) is 0 Å². The molecule has 0 aliphatic rings. The summed E-state index contributed by atoms with van der Waals surface area (Å²) in [6.45, 7) is 0.207. The van der Waals surface area contributed by atoms with Gasteiger partial charge in [-0.05, 0) is 35.9 Å². The predicted octanol–water partition coefficient (Wildman–Crippen LogP) is 2.82. The number of hydrogen-bond donors (Lipinski definition) is 0. The van der Waals surface area contributed by atoms with Crippen molar-refractivity contribution in [3.05, 3.63) is 72.4 Å². The van der Waals surface area contributed by atoms with Gasteiger partial charge in [0, 0.05) is 12.4 Å². The number of nitrogens with zero attached hydrogens (tertiary/aromatic N) is 2. The lowest BCUT2D eigenvalue weighted by molar-refractivity contribution is 0.0436. The molecule has 0 saturated carbocycles. The van der Waals surface area contributed by atoms with Crippen molar-refractivity contribution < 1.29 is 13.9 Å². The van der Waals surface area contributed by atoms with Crippen LogP contribution < -0.4 is 0 Å². The average molecular weight is 268 g/mol. The molecule has 1 aromatic carbocycles. The molecule has 3 aromatic rings. The van der Waals surface area contributed by atoms with Crippen molar-refractivity contribution in [3.8, 4) is 5.69 Å². The second-order valence-corrected chi connectivity index (χ2v) is 4.17. The molecule has 3 rings (SSSR count). The predicted molar refractivity (Wildman–Crippen MR) is 71.4 cm³/mol. The minimum Gasteiger partial charge on any atom is -0.457 e. The smallest absolute Gasteiger partial charge is 0.374 e. The summed E-state index contributed by atoms with van der Waals surface area (Å²) in [6.07, 6.45) is 5.03. The van der Waals surface area contributed by atoms with Gasteiger partial charge in [-0.25, -0.2) is 9.48 Å². The molecule has 100 valence electrons. The normalized spacial score (nSPS) is 10.4. The van der Waals surface area contributed by atoms with E-state index in [0.29, 0.717) is 0 Å². The van der Waals surface area contributed by atoms with Gasteiger partial charge in [-0.15, -0.1) is 0 Å². The molecular weight excluding hydrogens is 256 g/mol. The Labute approximate surface area is 115 Å². The number of carbonyl (C=O) groups excluding carboxylic acids is 1. The van der Waals surface area contributed by atoms with Gasteiger partial charge in [0.1, 0.15) is 6.61 Å². The Morgan fingerprint density at radius 1 is 1.20 bits per heavy atom. The maximum Gasteiger partial charge on any atom is 0.374 e. The van der Waals surface area contributed by atoms with E-state index in [9.17, 15) is 4.79 Å². The van der Waals surface area contributed by atoms with E-state index in [1.165, 1.54) is 6.26 Å². The van der Waals surface area contributed by atoms with E-state index in [0.717, 1.165) is 11.3 Å². The highest BCUT2D eigenvalue weighted by molar-refractivity contribution is 5.86.